The molecule has 0 unspecified atom stereocenters. The van der Waals surface area contributed by atoms with Crippen molar-refractivity contribution in [2.45, 2.75) is 0 Å². The third kappa shape index (κ3) is 2.50. The molecule has 0 nitrogen and oxygen atoms in total. The Morgan fingerprint density at radius 1 is 1.33 bits per heavy atom. The van der Waals surface area contributed by atoms with Gasteiger partial charge in [0, 0.05) is 44.3 Å². The van der Waals surface area contributed by atoms with Crippen molar-refractivity contribution in [1.29, 1.82) is 0 Å². The summed E-state index contributed by atoms with van der Waals surface area (Å²) < 4.78 is 23.8. The Kier molecular flexibility index (Phi) is 4.16. The molecule has 3 heteroatoms. The molecule has 0 saturated carbocycles. The molecule has 1 aromatic rings. The third-order valence-corrected chi connectivity index (χ3v) is 0.759. The maximum absolute atomic E-state index is 11.9. The molecule has 1 radical (unpaired) electrons. The second-order valence-electron chi connectivity index (χ2n) is 1.33. The van der Waals surface area contributed by atoms with Gasteiger partial charge in [0.2, 0.25) is 0 Å². The van der Waals surface area contributed by atoms with Crippen LogP contribution in [0.1, 0.15) is 0 Å². The van der Waals surface area contributed by atoms with Crippen molar-refractivity contribution in [1.82, 2.24) is 0 Å². The molecule has 9 heavy (non-hydrogen) atoms. The number of halogens is 2. The summed E-state index contributed by atoms with van der Waals surface area (Å²) >= 11 is 0. The van der Waals surface area contributed by atoms with E-state index in [0.717, 1.165) is 6.07 Å². The molecule has 0 bridgehead atoms. The normalized spacial score (nSPS) is 8.22. The van der Waals surface area contributed by atoms with Crippen LogP contribution in [-0.4, -0.2) is 0 Å². The molecular weight excluding hydrogens is 199 g/mol. The van der Waals surface area contributed by atoms with Gasteiger partial charge in [-0.15, -0.1) is 12.1 Å². The van der Waals surface area contributed by atoms with Crippen molar-refractivity contribution < 1.29 is 41.5 Å². The van der Waals surface area contributed by atoms with E-state index >= 15 is 0 Å². The maximum Gasteiger partial charge on any atom is 0.0451 e. The average Bonchev–Trinajstić information content (AvgIpc) is 1.77. The Balaban J connectivity index is 0.000000640. The van der Waals surface area contributed by atoms with E-state index in [9.17, 15) is 8.78 Å². The van der Waals surface area contributed by atoms with Gasteiger partial charge >= 0.3 is 0 Å². The molecule has 0 aliphatic carbocycles. The van der Waals surface area contributed by atoms with Crippen LogP contribution in [0.3, 0.4) is 0 Å². The van der Waals surface area contributed by atoms with Crippen LogP contribution >= 0.6 is 0 Å². The first-order valence-corrected chi connectivity index (χ1v) is 2.12. The first kappa shape index (κ1) is 9.18. The number of hydrogen-bond donors (Lipinski definition) is 0. The second kappa shape index (κ2) is 4.07. The summed E-state index contributed by atoms with van der Waals surface area (Å²) in [4.78, 5) is 0. The molecular formula is C6H3F2Y-. The number of rotatable bonds is 0. The van der Waals surface area contributed by atoms with Crippen molar-refractivity contribution in [3.05, 3.63) is 35.9 Å². The maximum atomic E-state index is 11.9. The standard InChI is InChI=1S/C6H3F2.Y/c7-5-3-1-2-4-6(5)8;/h1-3H;/q-1;. The summed E-state index contributed by atoms with van der Waals surface area (Å²) in [6.45, 7) is 0. The van der Waals surface area contributed by atoms with E-state index in [4.69, 9.17) is 0 Å². The molecule has 45 valence electrons. The van der Waals surface area contributed by atoms with E-state index in [1.807, 2.05) is 0 Å². The van der Waals surface area contributed by atoms with Gasteiger partial charge in [0.1, 0.15) is 0 Å². The van der Waals surface area contributed by atoms with E-state index in [2.05, 4.69) is 6.07 Å². The Morgan fingerprint density at radius 3 is 2.33 bits per heavy atom. The van der Waals surface area contributed by atoms with Crippen LogP contribution in [0.2, 0.25) is 0 Å². The van der Waals surface area contributed by atoms with Crippen LogP contribution in [0.5, 0.6) is 0 Å². The predicted molar refractivity (Wildman–Crippen MR) is 25.2 cm³/mol. The van der Waals surface area contributed by atoms with Gasteiger partial charge < -0.3 is 0 Å². The molecule has 1 rings (SSSR count). The average molecular weight is 202 g/mol. The van der Waals surface area contributed by atoms with E-state index in [-0.39, 0.29) is 32.7 Å². The number of hydrogen-bond acceptors (Lipinski definition) is 0. The summed E-state index contributed by atoms with van der Waals surface area (Å²) in [6.07, 6.45) is 0. The molecule has 0 fully saturated rings. The third-order valence-electron chi connectivity index (χ3n) is 0.759. The van der Waals surface area contributed by atoms with E-state index in [0.29, 0.717) is 0 Å². The Hall–Kier alpha value is 0.184. The predicted octanol–water partition coefficient (Wildman–Crippen LogP) is 1.76. The SMILES string of the molecule is Fc1[c-]cccc1F.[Y]. The quantitative estimate of drug-likeness (QED) is 0.562. The van der Waals surface area contributed by atoms with Gasteiger partial charge in [0.15, 0.2) is 0 Å². The van der Waals surface area contributed by atoms with Gasteiger partial charge in [-0.2, -0.15) is 12.1 Å². The first-order valence-electron chi connectivity index (χ1n) is 2.12. The van der Waals surface area contributed by atoms with Gasteiger partial charge in [-0.25, -0.2) is 4.39 Å². The molecule has 0 saturated heterocycles. The van der Waals surface area contributed by atoms with Crippen molar-refractivity contribution >= 4 is 0 Å². The molecule has 0 amide bonds. The van der Waals surface area contributed by atoms with Gasteiger partial charge in [-0.05, 0) is 0 Å². The van der Waals surface area contributed by atoms with Gasteiger partial charge in [0.25, 0.3) is 0 Å². The Bertz CT molecular complexity index is 167. The van der Waals surface area contributed by atoms with Crippen molar-refractivity contribution in [3.8, 4) is 0 Å². The minimum Gasteiger partial charge on any atom is -0.281 e. The molecule has 1 aromatic carbocycles. The molecule has 0 heterocycles. The fourth-order valence-corrected chi connectivity index (χ4v) is 0.396. The van der Waals surface area contributed by atoms with Gasteiger partial charge in [-0.3, -0.25) is 4.39 Å². The zero-order valence-corrected chi connectivity index (χ0v) is 7.40. The Labute approximate surface area is 77.1 Å². The Morgan fingerprint density at radius 2 is 2.00 bits per heavy atom. The molecule has 0 aliphatic rings. The topological polar surface area (TPSA) is 0 Å². The van der Waals surface area contributed by atoms with Crippen LogP contribution in [0.4, 0.5) is 8.78 Å². The summed E-state index contributed by atoms with van der Waals surface area (Å²) in [5, 5.41) is 0. The van der Waals surface area contributed by atoms with Crippen molar-refractivity contribution in [2.75, 3.05) is 0 Å². The fourth-order valence-electron chi connectivity index (χ4n) is 0.396. The van der Waals surface area contributed by atoms with Crippen LogP contribution in [0, 0.1) is 17.7 Å². The van der Waals surface area contributed by atoms with Crippen LogP contribution in [0.15, 0.2) is 18.2 Å². The molecule has 0 aliphatic heterocycles. The molecule has 0 aromatic heterocycles. The van der Waals surface area contributed by atoms with E-state index in [1.165, 1.54) is 12.1 Å². The molecule has 0 N–H and O–H groups in total. The molecule has 0 spiro atoms. The van der Waals surface area contributed by atoms with E-state index in [1.54, 1.807) is 0 Å². The van der Waals surface area contributed by atoms with Gasteiger partial charge in [-0.1, -0.05) is 0 Å². The summed E-state index contributed by atoms with van der Waals surface area (Å²) in [6, 6.07) is 5.81. The second-order valence-corrected chi connectivity index (χ2v) is 1.33. The first-order chi connectivity index (χ1) is 3.80. The van der Waals surface area contributed by atoms with Crippen molar-refractivity contribution in [3.63, 3.8) is 0 Å². The van der Waals surface area contributed by atoms with Crippen LogP contribution in [0.25, 0.3) is 0 Å². The van der Waals surface area contributed by atoms with Crippen molar-refractivity contribution in [2.24, 2.45) is 0 Å². The fraction of sp³-hybridized carbons (Fsp3) is 0. The van der Waals surface area contributed by atoms with Crippen LogP contribution in [-0.2, 0) is 32.7 Å². The minimum absolute atomic E-state index is 0. The van der Waals surface area contributed by atoms with Crippen LogP contribution < -0.4 is 0 Å². The monoisotopic (exact) mass is 202 g/mol. The summed E-state index contributed by atoms with van der Waals surface area (Å²) in [7, 11) is 0. The van der Waals surface area contributed by atoms with E-state index < -0.39 is 11.6 Å². The summed E-state index contributed by atoms with van der Waals surface area (Å²) in [5.41, 5.74) is 0. The summed E-state index contributed by atoms with van der Waals surface area (Å²) in [5.74, 6) is -1.78. The number of benzene rings is 1. The molecule has 0 atom stereocenters. The minimum atomic E-state index is -0.924. The zero-order valence-electron chi connectivity index (χ0n) is 4.57. The van der Waals surface area contributed by atoms with Gasteiger partial charge in [0.05, 0.1) is 0 Å². The zero-order chi connectivity index (χ0) is 5.98. The largest absolute Gasteiger partial charge is 0.281 e. The smallest absolute Gasteiger partial charge is 0.0451 e.